The summed E-state index contributed by atoms with van der Waals surface area (Å²) in [4.78, 5) is 22.7. The van der Waals surface area contributed by atoms with E-state index >= 15 is 0 Å². The van der Waals surface area contributed by atoms with Gasteiger partial charge in [-0.1, -0.05) is 0 Å². The summed E-state index contributed by atoms with van der Waals surface area (Å²) in [6.45, 7) is 0. The van der Waals surface area contributed by atoms with E-state index in [0.717, 1.165) is 0 Å². The van der Waals surface area contributed by atoms with Crippen molar-refractivity contribution in [3.05, 3.63) is 0 Å². The van der Waals surface area contributed by atoms with Gasteiger partial charge in [-0.3, -0.25) is 9.59 Å². The van der Waals surface area contributed by atoms with Gasteiger partial charge >= 0.3 is 0 Å². The monoisotopic (exact) mass is 249 g/mol. The molecule has 1 aliphatic carbocycles. The van der Waals surface area contributed by atoms with Gasteiger partial charge in [0.25, 0.3) is 0 Å². The normalized spacial score (nSPS) is 30.7. The van der Waals surface area contributed by atoms with Crippen molar-refractivity contribution < 1.29 is 9.59 Å². The summed E-state index contributed by atoms with van der Waals surface area (Å²) in [5.74, 6) is -0.637. The molecule has 0 bridgehead atoms. The van der Waals surface area contributed by atoms with Crippen molar-refractivity contribution in [2.75, 3.05) is 12.8 Å². The fourth-order valence-electron chi connectivity index (χ4n) is 1.37. The number of primary amides is 1. The van der Waals surface area contributed by atoms with Crippen LogP contribution in [0, 0.1) is 0 Å². The molecule has 0 aromatic rings. The number of amides is 2. The molecule has 15 heavy (non-hydrogen) atoms. The number of hydrogen-bond donors (Lipinski definition) is 5. The second kappa shape index (κ2) is 4.63. The molecule has 1 fully saturated rings. The fraction of sp³-hybridized carbons (Fsp3) is 0.750. The van der Waals surface area contributed by atoms with Crippen LogP contribution >= 0.6 is 25.3 Å². The van der Waals surface area contributed by atoms with E-state index < -0.39 is 17.5 Å². The first-order valence-electron chi connectivity index (χ1n) is 4.56. The number of nitrogens with one attached hydrogen (secondary N) is 2. The van der Waals surface area contributed by atoms with Crippen molar-refractivity contribution in [2.24, 2.45) is 5.73 Å². The van der Waals surface area contributed by atoms with E-state index in [0.29, 0.717) is 6.42 Å². The summed E-state index contributed by atoms with van der Waals surface area (Å²) in [7, 11) is 1.69. The molecule has 0 aromatic heterocycles. The minimum atomic E-state index is -0.729. The minimum Gasteiger partial charge on any atom is -0.368 e. The van der Waals surface area contributed by atoms with Crippen molar-refractivity contribution in [1.29, 1.82) is 0 Å². The van der Waals surface area contributed by atoms with Gasteiger partial charge in [0.05, 0.1) is 0 Å². The highest BCUT2D eigenvalue weighted by Crippen LogP contribution is 2.40. The highest BCUT2D eigenvalue weighted by molar-refractivity contribution is 7.81. The maximum atomic E-state index is 11.8. The molecule has 0 radical (unpaired) electrons. The molecule has 7 heteroatoms. The Labute approximate surface area is 99.4 Å². The molecule has 0 heterocycles. The van der Waals surface area contributed by atoms with Gasteiger partial charge in [-0.2, -0.15) is 25.3 Å². The summed E-state index contributed by atoms with van der Waals surface area (Å²) in [5, 5.41) is 5.44. The summed E-state index contributed by atoms with van der Waals surface area (Å²) >= 11 is 8.16. The van der Waals surface area contributed by atoms with Gasteiger partial charge in [0, 0.05) is 11.0 Å². The number of rotatable bonds is 5. The van der Waals surface area contributed by atoms with Crippen LogP contribution in [-0.4, -0.2) is 41.4 Å². The van der Waals surface area contributed by atoms with Crippen LogP contribution in [0.3, 0.4) is 0 Å². The van der Waals surface area contributed by atoms with E-state index in [1.54, 1.807) is 7.05 Å². The first-order chi connectivity index (χ1) is 6.97. The smallest absolute Gasteiger partial charge is 0.242 e. The van der Waals surface area contributed by atoms with Crippen LogP contribution in [0.2, 0.25) is 0 Å². The molecule has 0 saturated heterocycles. The Kier molecular flexibility index (Phi) is 3.91. The predicted molar refractivity (Wildman–Crippen MR) is 64.2 cm³/mol. The molecule has 5 nitrogen and oxygen atoms in total. The molecule has 1 aliphatic rings. The molecule has 0 spiro atoms. The molecule has 2 amide bonds. The number of nitrogens with two attached hydrogens (primary N) is 1. The summed E-state index contributed by atoms with van der Waals surface area (Å²) < 4.78 is 0. The maximum absolute atomic E-state index is 11.8. The van der Waals surface area contributed by atoms with Crippen molar-refractivity contribution in [3.8, 4) is 0 Å². The average molecular weight is 249 g/mol. The van der Waals surface area contributed by atoms with E-state index in [4.69, 9.17) is 5.73 Å². The second-order valence-electron chi connectivity index (χ2n) is 3.55. The fourth-order valence-corrected chi connectivity index (χ4v) is 2.17. The molecule has 0 aromatic carbocycles. The van der Waals surface area contributed by atoms with Crippen molar-refractivity contribution in [2.45, 2.75) is 23.3 Å². The zero-order valence-electron chi connectivity index (χ0n) is 8.36. The lowest BCUT2D eigenvalue weighted by Gasteiger charge is -2.19. The second-order valence-corrected chi connectivity index (χ2v) is 4.54. The van der Waals surface area contributed by atoms with Gasteiger partial charge in [0.15, 0.2) is 0 Å². The van der Waals surface area contributed by atoms with Gasteiger partial charge in [-0.25, -0.2) is 0 Å². The number of likely N-dealkylation sites (N-methyl/N-ethyl adjacent to an activating group) is 1. The van der Waals surface area contributed by atoms with E-state index in [-0.39, 0.29) is 16.9 Å². The quantitative estimate of drug-likeness (QED) is 0.386. The molecular formula is C8H15N3O2S2. The Hall–Kier alpha value is -0.400. The molecule has 0 aliphatic heterocycles. The topological polar surface area (TPSA) is 84.2 Å². The van der Waals surface area contributed by atoms with Crippen LogP contribution in [0.25, 0.3) is 0 Å². The lowest BCUT2D eigenvalue weighted by Crippen LogP contribution is -2.54. The van der Waals surface area contributed by atoms with E-state index in [2.05, 4.69) is 35.9 Å². The SMILES string of the molecule is CNC1(C(=O)N[C@@H](CS)C(N)=O)CC1S. The van der Waals surface area contributed by atoms with E-state index in [1.807, 2.05) is 0 Å². The van der Waals surface area contributed by atoms with Crippen LogP contribution in [-0.2, 0) is 9.59 Å². The standard InChI is InChI=1S/C8H15N3O2S2/c1-10-8(2-5(8)15)7(13)11-4(3-14)6(9)12/h4-5,10,14-15H,2-3H2,1H3,(H2,9,12)(H,11,13)/t4-,5?,8?/m0/s1. The van der Waals surface area contributed by atoms with Gasteiger partial charge in [0.2, 0.25) is 11.8 Å². The largest absolute Gasteiger partial charge is 0.368 e. The van der Waals surface area contributed by atoms with Crippen LogP contribution < -0.4 is 16.4 Å². The highest BCUT2D eigenvalue weighted by atomic mass is 32.1. The van der Waals surface area contributed by atoms with Crippen molar-refractivity contribution in [1.82, 2.24) is 10.6 Å². The number of carbonyl (C=O) groups is 2. The molecule has 1 saturated carbocycles. The molecule has 1 rings (SSSR count). The maximum Gasteiger partial charge on any atom is 0.242 e. The number of hydrogen-bond acceptors (Lipinski definition) is 5. The van der Waals surface area contributed by atoms with Gasteiger partial charge in [-0.15, -0.1) is 0 Å². The Balaban J connectivity index is 2.59. The lowest BCUT2D eigenvalue weighted by atomic mass is 10.2. The van der Waals surface area contributed by atoms with Gasteiger partial charge in [-0.05, 0) is 13.5 Å². The zero-order chi connectivity index (χ0) is 11.6. The molecule has 3 atom stereocenters. The van der Waals surface area contributed by atoms with Crippen molar-refractivity contribution in [3.63, 3.8) is 0 Å². The van der Waals surface area contributed by atoms with Crippen LogP contribution in [0.1, 0.15) is 6.42 Å². The Bertz CT molecular complexity index is 283. The third kappa shape index (κ3) is 2.40. The Morgan fingerprint density at radius 3 is 2.47 bits per heavy atom. The van der Waals surface area contributed by atoms with Crippen molar-refractivity contribution >= 4 is 37.1 Å². The molecule has 4 N–H and O–H groups in total. The highest BCUT2D eigenvalue weighted by Gasteiger charge is 2.57. The zero-order valence-corrected chi connectivity index (χ0v) is 10.1. The van der Waals surface area contributed by atoms with E-state index in [9.17, 15) is 9.59 Å². The van der Waals surface area contributed by atoms with Crippen LogP contribution in [0.15, 0.2) is 0 Å². The summed E-state index contributed by atoms with van der Waals surface area (Å²) in [6, 6.07) is -0.729. The molecule has 2 unspecified atom stereocenters. The Morgan fingerprint density at radius 1 is 1.67 bits per heavy atom. The summed E-state index contributed by atoms with van der Waals surface area (Å²) in [6.07, 6.45) is 0.649. The summed E-state index contributed by atoms with van der Waals surface area (Å²) in [5.41, 5.74) is 4.44. The number of carbonyl (C=O) groups excluding carboxylic acids is 2. The lowest BCUT2D eigenvalue weighted by molar-refractivity contribution is -0.128. The van der Waals surface area contributed by atoms with Gasteiger partial charge < -0.3 is 16.4 Å². The third-order valence-corrected chi connectivity index (χ3v) is 3.60. The minimum absolute atomic E-state index is 0.0176. The number of thiol groups is 2. The third-order valence-electron chi connectivity index (χ3n) is 2.61. The molecule has 86 valence electrons. The Morgan fingerprint density at radius 2 is 2.20 bits per heavy atom. The van der Waals surface area contributed by atoms with Gasteiger partial charge in [0.1, 0.15) is 11.6 Å². The van der Waals surface area contributed by atoms with E-state index in [1.165, 1.54) is 0 Å². The van der Waals surface area contributed by atoms with Crippen LogP contribution in [0.5, 0.6) is 0 Å². The van der Waals surface area contributed by atoms with Crippen LogP contribution in [0.4, 0.5) is 0 Å². The first kappa shape index (κ1) is 12.7. The average Bonchev–Trinajstić information content (AvgIpc) is 2.86. The molecular weight excluding hydrogens is 234 g/mol. The predicted octanol–water partition coefficient (Wildman–Crippen LogP) is -1.45. The first-order valence-corrected chi connectivity index (χ1v) is 5.71.